The lowest BCUT2D eigenvalue weighted by atomic mass is 9.98. The van der Waals surface area contributed by atoms with Gasteiger partial charge >= 0.3 is 12.2 Å². The summed E-state index contributed by atoms with van der Waals surface area (Å²) >= 11 is 1.73. The molecule has 1 fully saturated rings. The Hall–Kier alpha value is -3.49. The third-order valence-electron chi connectivity index (χ3n) is 7.68. The molecule has 1 saturated heterocycles. The predicted molar refractivity (Wildman–Crippen MR) is 168 cm³/mol. The van der Waals surface area contributed by atoms with Crippen molar-refractivity contribution < 1.29 is 19.1 Å². The highest BCUT2D eigenvalue weighted by molar-refractivity contribution is 7.99. The lowest BCUT2D eigenvalue weighted by molar-refractivity contribution is 0.0142. The van der Waals surface area contributed by atoms with E-state index in [0.29, 0.717) is 19.7 Å². The number of carbonyl (C=O) groups excluding carboxylic acids is 2. The second-order valence-electron chi connectivity index (χ2n) is 11.9. The maximum absolute atomic E-state index is 13.1. The van der Waals surface area contributed by atoms with Gasteiger partial charge in [-0.15, -0.1) is 11.8 Å². The highest BCUT2D eigenvalue weighted by Crippen LogP contribution is 2.44. The minimum absolute atomic E-state index is 0.0292. The van der Waals surface area contributed by atoms with Crippen molar-refractivity contribution in [2.24, 2.45) is 0 Å². The van der Waals surface area contributed by atoms with Gasteiger partial charge in [0.05, 0.1) is 0 Å². The first-order valence-corrected chi connectivity index (χ1v) is 15.7. The number of ether oxygens (including phenoxy) is 2. The molecule has 8 heteroatoms. The molecule has 42 heavy (non-hydrogen) atoms. The SMILES string of the molecule is CC(C)(C)OC(=O)N1CCN(CC[C@H](CSc2ccccc2)NC(=O)OCC2c3ccccc3-c3ccccc32)CC1. The van der Waals surface area contributed by atoms with Gasteiger partial charge in [-0.3, -0.25) is 4.90 Å². The molecule has 0 unspecified atom stereocenters. The minimum atomic E-state index is -0.497. The van der Waals surface area contributed by atoms with Gasteiger partial charge in [0.25, 0.3) is 0 Å². The molecule has 0 aromatic heterocycles. The zero-order valence-electron chi connectivity index (χ0n) is 24.8. The van der Waals surface area contributed by atoms with Gasteiger partial charge in [0.15, 0.2) is 0 Å². The summed E-state index contributed by atoms with van der Waals surface area (Å²) in [6, 6.07) is 26.9. The molecule has 1 aliphatic carbocycles. The maximum atomic E-state index is 13.1. The van der Waals surface area contributed by atoms with Crippen LogP contribution in [-0.4, -0.2) is 78.7 Å². The van der Waals surface area contributed by atoms with E-state index in [1.165, 1.54) is 27.1 Å². The molecule has 1 atom stereocenters. The predicted octanol–water partition coefficient (Wildman–Crippen LogP) is 6.63. The van der Waals surface area contributed by atoms with E-state index < -0.39 is 5.60 Å². The number of hydrogen-bond acceptors (Lipinski definition) is 6. The number of nitrogens with zero attached hydrogens (tertiary/aromatic N) is 2. The first kappa shape index (κ1) is 30.0. The fourth-order valence-electron chi connectivity index (χ4n) is 5.54. The lowest BCUT2D eigenvalue weighted by Crippen LogP contribution is -2.51. The van der Waals surface area contributed by atoms with Gasteiger partial charge in [-0.1, -0.05) is 66.7 Å². The van der Waals surface area contributed by atoms with Crippen LogP contribution in [0.15, 0.2) is 83.8 Å². The van der Waals surface area contributed by atoms with Crippen LogP contribution < -0.4 is 5.32 Å². The van der Waals surface area contributed by atoms with Gasteiger partial charge in [-0.25, -0.2) is 9.59 Å². The molecular formula is C34H41N3O4S. The topological polar surface area (TPSA) is 71.1 Å². The Labute approximate surface area is 253 Å². The van der Waals surface area contributed by atoms with E-state index in [-0.39, 0.29) is 24.1 Å². The van der Waals surface area contributed by atoms with Crippen molar-refractivity contribution in [2.75, 3.05) is 45.1 Å². The van der Waals surface area contributed by atoms with Crippen molar-refractivity contribution in [1.29, 1.82) is 0 Å². The fourth-order valence-corrected chi connectivity index (χ4v) is 6.53. The van der Waals surface area contributed by atoms with E-state index >= 15 is 0 Å². The van der Waals surface area contributed by atoms with E-state index in [0.717, 1.165) is 31.8 Å². The molecule has 222 valence electrons. The fraction of sp³-hybridized carbons (Fsp3) is 0.412. The maximum Gasteiger partial charge on any atom is 0.410 e. The van der Waals surface area contributed by atoms with Gasteiger partial charge in [-0.2, -0.15) is 0 Å². The van der Waals surface area contributed by atoms with Crippen LogP contribution in [0.1, 0.15) is 44.2 Å². The molecule has 5 rings (SSSR count). The Morgan fingerprint density at radius 1 is 0.881 bits per heavy atom. The Morgan fingerprint density at radius 3 is 2.10 bits per heavy atom. The average Bonchev–Trinajstić information content (AvgIpc) is 3.31. The summed E-state index contributed by atoms with van der Waals surface area (Å²) in [5, 5.41) is 3.16. The molecule has 3 aromatic carbocycles. The Bertz CT molecular complexity index is 1310. The average molecular weight is 588 g/mol. The highest BCUT2D eigenvalue weighted by Gasteiger charge is 2.30. The number of hydrogen-bond donors (Lipinski definition) is 1. The highest BCUT2D eigenvalue weighted by atomic mass is 32.2. The van der Waals surface area contributed by atoms with Gasteiger partial charge in [0.2, 0.25) is 0 Å². The number of benzene rings is 3. The Morgan fingerprint density at radius 2 is 1.48 bits per heavy atom. The molecule has 0 spiro atoms. The quantitative estimate of drug-likeness (QED) is 0.284. The largest absolute Gasteiger partial charge is 0.449 e. The number of thioether (sulfide) groups is 1. The molecule has 0 bridgehead atoms. The van der Waals surface area contributed by atoms with Crippen LogP contribution in [0, 0.1) is 0 Å². The van der Waals surface area contributed by atoms with Gasteiger partial charge in [-0.05, 0) is 61.6 Å². The van der Waals surface area contributed by atoms with Crippen LogP contribution >= 0.6 is 11.8 Å². The van der Waals surface area contributed by atoms with Gasteiger partial charge < -0.3 is 19.7 Å². The number of nitrogens with one attached hydrogen (secondary N) is 1. The molecule has 1 N–H and O–H groups in total. The van der Waals surface area contributed by atoms with Crippen molar-refractivity contribution >= 4 is 23.9 Å². The van der Waals surface area contributed by atoms with Gasteiger partial charge in [0.1, 0.15) is 12.2 Å². The number of piperazine rings is 1. The second kappa shape index (κ2) is 13.7. The molecule has 7 nitrogen and oxygen atoms in total. The smallest absolute Gasteiger partial charge is 0.410 e. The van der Waals surface area contributed by atoms with Crippen LogP contribution in [0.25, 0.3) is 11.1 Å². The zero-order valence-corrected chi connectivity index (χ0v) is 25.6. The molecular weight excluding hydrogens is 546 g/mol. The standard InChI is InChI=1S/C34H41N3O4S/c1-34(2,3)41-33(39)37-21-19-36(20-22-37)18-17-25(24-42-26-11-5-4-6-12-26)35-32(38)40-23-31-29-15-9-7-13-27(29)28-14-8-10-16-30(28)31/h4-16,25,31H,17-24H2,1-3H3,(H,35,38)/t25-/m1/s1. The number of carbonyl (C=O) groups is 2. The summed E-state index contributed by atoms with van der Waals surface area (Å²) in [6.07, 6.45) is 0.151. The molecule has 2 aliphatic rings. The number of fused-ring (bicyclic) bond motifs is 3. The monoisotopic (exact) mass is 587 g/mol. The molecule has 0 radical (unpaired) electrons. The molecule has 2 amide bonds. The van der Waals surface area contributed by atoms with Crippen LogP contribution in [0.2, 0.25) is 0 Å². The first-order chi connectivity index (χ1) is 20.3. The van der Waals surface area contributed by atoms with Crippen molar-refractivity contribution in [3.05, 3.63) is 90.0 Å². The third kappa shape index (κ3) is 7.86. The van der Waals surface area contributed by atoms with Crippen molar-refractivity contribution in [2.45, 2.75) is 49.6 Å². The normalized spacial score (nSPS) is 15.9. The molecule has 3 aromatic rings. The van der Waals surface area contributed by atoms with Crippen LogP contribution in [0.3, 0.4) is 0 Å². The molecule has 1 heterocycles. The number of rotatable bonds is 9. The number of amides is 2. The summed E-state index contributed by atoms with van der Waals surface area (Å²) in [5.74, 6) is 0.771. The number of alkyl carbamates (subject to hydrolysis) is 1. The van der Waals surface area contributed by atoms with E-state index in [4.69, 9.17) is 9.47 Å². The van der Waals surface area contributed by atoms with Crippen molar-refractivity contribution in [3.63, 3.8) is 0 Å². The summed E-state index contributed by atoms with van der Waals surface area (Å²) in [5.41, 5.74) is 4.33. The van der Waals surface area contributed by atoms with Crippen molar-refractivity contribution in [1.82, 2.24) is 15.1 Å². The van der Waals surface area contributed by atoms with Crippen LogP contribution in [0.5, 0.6) is 0 Å². The Kier molecular flexibility index (Phi) is 9.75. The summed E-state index contributed by atoms with van der Waals surface area (Å²) in [7, 11) is 0. The summed E-state index contributed by atoms with van der Waals surface area (Å²) in [4.78, 5) is 30.9. The van der Waals surface area contributed by atoms with Crippen LogP contribution in [-0.2, 0) is 9.47 Å². The molecule has 0 saturated carbocycles. The van der Waals surface area contributed by atoms with E-state index in [9.17, 15) is 9.59 Å². The summed E-state index contributed by atoms with van der Waals surface area (Å²) in [6.45, 7) is 9.62. The van der Waals surface area contributed by atoms with Gasteiger partial charge in [0, 0.05) is 55.3 Å². The van der Waals surface area contributed by atoms with E-state index in [2.05, 4.69) is 58.7 Å². The minimum Gasteiger partial charge on any atom is -0.449 e. The second-order valence-corrected chi connectivity index (χ2v) is 13.0. The first-order valence-electron chi connectivity index (χ1n) is 14.8. The third-order valence-corrected chi connectivity index (χ3v) is 8.85. The van der Waals surface area contributed by atoms with Crippen molar-refractivity contribution in [3.8, 4) is 11.1 Å². The van der Waals surface area contributed by atoms with E-state index in [1.54, 1.807) is 16.7 Å². The Balaban J connectivity index is 1.16. The molecule has 1 aliphatic heterocycles. The lowest BCUT2D eigenvalue weighted by Gasteiger charge is -2.36. The van der Waals surface area contributed by atoms with E-state index in [1.807, 2.05) is 51.1 Å². The van der Waals surface area contributed by atoms with Crippen LogP contribution in [0.4, 0.5) is 9.59 Å². The zero-order chi connectivity index (χ0) is 29.5. The summed E-state index contributed by atoms with van der Waals surface area (Å²) < 4.78 is 11.4.